The van der Waals surface area contributed by atoms with Crippen LogP contribution in [0.3, 0.4) is 0 Å². The van der Waals surface area contributed by atoms with E-state index in [2.05, 4.69) is 15.5 Å². The first-order valence-electron chi connectivity index (χ1n) is 11.7. The number of para-hydroxylation sites is 1. The maximum absolute atomic E-state index is 13.1. The van der Waals surface area contributed by atoms with Crippen molar-refractivity contribution in [2.45, 2.75) is 0 Å². The zero-order valence-electron chi connectivity index (χ0n) is 20.5. The van der Waals surface area contributed by atoms with Crippen molar-refractivity contribution < 1.29 is 19.1 Å². The summed E-state index contributed by atoms with van der Waals surface area (Å²) in [4.78, 5) is 25.4. The minimum Gasteiger partial charge on any atom is -0.493 e. The van der Waals surface area contributed by atoms with Crippen LogP contribution in [0.2, 0.25) is 5.02 Å². The van der Waals surface area contributed by atoms with E-state index < -0.39 is 0 Å². The molecule has 1 N–H and O–H groups in total. The topological polar surface area (TPSA) is 89.3 Å². The van der Waals surface area contributed by atoms with Gasteiger partial charge >= 0.3 is 0 Å². The lowest BCUT2D eigenvalue weighted by Crippen LogP contribution is -2.20. The van der Waals surface area contributed by atoms with Gasteiger partial charge in [0.25, 0.3) is 5.91 Å². The maximum atomic E-state index is 13.1. The van der Waals surface area contributed by atoms with Crippen LogP contribution in [0, 0.1) is 0 Å². The molecule has 7 nitrogen and oxygen atoms in total. The molecule has 0 aliphatic carbocycles. The van der Waals surface area contributed by atoms with Gasteiger partial charge in [-0.25, -0.2) is 0 Å². The number of hydrogen-bond donors (Lipinski definition) is 1. The molecule has 0 bridgehead atoms. The van der Waals surface area contributed by atoms with Gasteiger partial charge in [-0.3, -0.25) is 9.59 Å². The van der Waals surface area contributed by atoms with E-state index in [4.69, 9.17) is 21.1 Å². The van der Waals surface area contributed by atoms with Gasteiger partial charge in [0.05, 0.1) is 24.0 Å². The third-order valence-corrected chi connectivity index (χ3v) is 5.69. The smallest absolute Gasteiger partial charge is 0.262 e. The minimum absolute atomic E-state index is 0.226. The summed E-state index contributed by atoms with van der Waals surface area (Å²) < 4.78 is 11.1. The molecule has 4 aromatic carbocycles. The van der Waals surface area contributed by atoms with Crippen LogP contribution >= 0.6 is 11.6 Å². The van der Waals surface area contributed by atoms with Crippen molar-refractivity contribution in [3.8, 4) is 11.5 Å². The van der Waals surface area contributed by atoms with Gasteiger partial charge in [-0.2, -0.15) is 5.10 Å². The van der Waals surface area contributed by atoms with E-state index in [1.807, 2.05) is 36.4 Å². The highest BCUT2D eigenvalue weighted by Crippen LogP contribution is 2.28. The molecule has 4 rings (SSSR count). The lowest BCUT2D eigenvalue weighted by molar-refractivity contribution is -0.118. The van der Waals surface area contributed by atoms with Crippen LogP contribution in [0.25, 0.3) is 0 Å². The third-order valence-electron chi connectivity index (χ3n) is 5.36. The number of carbonyl (C=O) groups excluding carboxylic acids is 2. The van der Waals surface area contributed by atoms with Gasteiger partial charge in [-0.15, -0.1) is 5.10 Å². The van der Waals surface area contributed by atoms with Crippen molar-refractivity contribution in [3.05, 3.63) is 125 Å². The Hall–Kier alpha value is -4.75. The molecule has 38 heavy (non-hydrogen) atoms. The molecule has 0 spiro atoms. The number of anilines is 1. The lowest BCUT2D eigenvalue weighted by atomic mass is 10.0. The van der Waals surface area contributed by atoms with Crippen molar-refractivity contribution in [2.75, 3.05) is 19.0 Å². The van der Waals surface area contributed by atoms with E-state index in [1.165, 1.54) is 13.3 Å². The Labute approximate surface area is 225 Å². The normalized spacial score (nSPS) is 11.3. The Balaban J connectivity index is 1.48. The molecule has 8 heteroatoms. The molecule has 0 saturated carbocycles. The van der Waals surface area contributed by atoms with Crippen LogP contribution in [0.1, 0.15) is 21.5 Å². The highest BCUT2D eigenvalue weighted by atomic mass is 35.5. The molecule has 0 saturated heterocycles. The first-order chi connectivity index (χ1) is 18.5. The molecule has 0 aromatic heterocycles. The molecule has 0 heterocycles. The number of rotatable bonds is 10. The fourth-order valence-electron chi connectivity index (χ4n) is 3.49. The number of ether oxygens (including phenoxy) is 2. The van der Waals surface area contributed by atoms with Gasteiger partial charge in [0, 0.05) is 11.1 Å². The quantitative estimate of drug-likeness (QED) is 0.154. The Morgan fingerprint density at radius 2 is 1.50 bits per heavy atom. The predicted molar refractivity (Wildman–Crippen MR) is 150 cm³/mol. The zero-order valence-corrected chi connectivity index (χ0v) is 21.3. The largest absolute Gasteiger partial charge is 0.493 e. The summed E-state index contributed by atoms with van der Waals surface area (Å²) in [5, 5.41) is 11.6. The molecule has 0 radical (unpaired) electrons. The second kappa shape index (κ2) is 13.0. The average Bonchev–Trinajstić information content (AvgIpc) is 2.96. The second-order valence-electron chi connectivity index (χ2n) is 7.98. The predicted octanol–water partition coefficient (Wildman–Crippen LogP) is 6.07. The Morgan fingerprint density at radius 1 is 0.842 bits per heavy atom. The van der Waals surface area contributed by atoms with Gasteiger partial charge in [0.15, 0.2) is 18.1 Å². The number of nitrogens with zero attached hydrogens (tertiary/aromatic N) is 2. The number of nitrogens with one attached hydrogen (secondary N) is 1. The van der Waals surface area contributed by atoms with E-state index in [1.54, 1.807) is 66.7 Å². The van der Waals surface area contributed by atoms with Crippen molar-refractivity contribution >= 4 is 40.9 Å². The molecule has 190 valence electrons. The van der Waals surface area contributed by atoms with Gasteiger partial charge in [0.1, 0.15) is 5.71 Å². The second-order valence-corrected chi connectivity index (χ2v) is 8.39. The fraction of sp³-hybridized carbons (Fsp3) is 0.0667. The molecular formula is C30H24ClN3O4. The summed E-state index contributed by atoms with van der Waals surface area (Å²) in [6, 6.07) is 30.1. The highest BCUT2D eigenvalue weighted by molar-refractivity contribution is 6.51. The van der Waals surface area contributed by atoms with E-state index in [9.17, 15) is 9.59 Å². The molecule has 4 aromatic rings. The van der Waals surface area contributed by atoms with Gasteiger partial charge < -0.3 is 14.8 Å². The third kappa shape index (κ3) is 6.93. The number of carbonyl (C=O) groups is 2. The zero-order chi connectivity index (χ0) is 26.7. The van der Waals surface area contributed by atoms with E-state index >= 15 is 0 Å². The highest BCUT2D eigenvalue weighted by Gasteiger charge is 2.16. The molecule has 1 amide bonds. The van der Waals surface area contributed by atoms with Gasteiger partial charge in [-0.05, 0) is 35.9 Å². The molecule has 0 aliphatic rings. The Kier molecular flexibility index (Phi) is 8.99. The molecule has 0 aliphatic heterocycles. The first kappa shape index (κ1) is 26.3. The summed E-state index contributed by atoms with van der Waals surface area (Å²) in [6.45, 7) is -0.235. The van der Waals surface area contributed by atoms with Crippen molar-refractivity contribution in [1.82, 2.24) is 0 Å². The summed E-state index contributed by atoms with van der Waals surface area (Å²) in [6.07, 6.45) is 1.51. The van der Waals surface area contributed by atoms with Gasteiger partial charge in [0.2, 0.25) is 5.78 Å². The molecule has 0 atom stereocenters. The number of Topliss-reactive ketones (excluding diaryl/α,β-unsaturated/α-hetero) is 1. The summed E-state index contributed by atoms with van der Waals surface area (Å²) in [5.74, 6) is 0.195. The van der Waals surface area contributed by atoms with Gasteiger partial charge in [-0.1, -0.05) is 84.4 Å². The van der Waals surface area contributed by atoms with Crippen LogP contribution in [0.5, 0.6) is 11.5 Å². The number of benzene rings is 4. The Bertz CT molecular complexity index is 1470. The molecule has 0 unspecified atom stereocenters. The average molecular weight is 526 g/mol. The van der Waals surface area contributed by atoms with Crippen LogP contribution in [-0.4, -0.2) is 37.3 Å². The number of ketones is 1. The van der Waals surface area contributed by atoms with E-state index in [-0.39, 0.29) is 24.0 Å². The van der Waals surface area contributed by atoms with Crippen LogP contribution < -0.4 is 14.8 Å². The summed E-state index contributed by atoms with van der Waals surface area (Å²) in [7, 11) is 1.50. The van der Waals surface area contributed by atoms with Crippen molar-refractivity contribution in [3.63, 3.8) is 0 Å². The van der Waals surface area contributed by atoms with Crippen LogP contribution in [-0.2, 0) is 4.79 Å². The SMILES string of the molecule is COc1cc(/C=N/N=C(/C(=O)c2ccccc2)c2ccccc2)ccc1OCC(=O)Nc1ccccc1Cl. The number of amides is 1. The lowest BCUT2D eigenvalue weighted by Gasteiger charge is -2.12. The van der Waals surface area contributed by atoms with Crippen LogP contribution in [0.4, 0.5) is 5.69 Å². The Morgan fingerprint density at radius 3 is 2.18 bits per heavy atom. The summed E-state index contributed by atoms with van der Waals surface area (Å²) >= 11 is 6.08. The van der Waals surface area contributed by atoms with E-state index in [0.717, 1.165) is 0 Å². The monoisotopic (exact) mass is 525 g/mol. The minimum atomic E-state index is -0.364. The number of methoxy groups -OCH3 is 1. The standard InChI is InChI=1S/C30H24ClN3O4/c1-37-27-18-21(16-17-26(27)38-20-28(35)33-25-15-9-8-14-24(25)31)19-32-34-29(22-10-4-2-5-11-22)30(36)23-12-6-3-7-13-23/h2-19H,20H2,1H3,(H,33,35)/b32-19+,34-29+. The number of halogens is 1. The first-order valence-corrected chi connectivity index (χ1v) is 12.0. The van der Waals surface area contributed by atoms with Crippen molar-refractivity contribution in [1.29, 1.82) is 0 Å². The maximum Gasteiger partial charge on any atom is 0.262 e. The number of hydrogen-bond acceptors (Lipinski definition) is 6. The summed E-state index contributed by atoms with van der Waals surface area (Å²) in [5.41, 5.74) is 2.58. The fourth-order valence-corrected chi connectivity index (χ4v) is 3.67. The van der Waals surface area contributed by atoms with Crippen molar-refractivity contribution in [2.24, 2.45) is 10.2 Å². The molecule has 0 fully saturated rings. The molecular weight excluding hydrogens is 502 g/mol. The van der Waals surface area contributed by atoms with E-state index in [0.29, 0.717) is 38.9 Å². The van der Waals surface area contributed by atoms with Crippen LogP contribution in [0.15, 0.2) is 113 Å².